The molecule has 0 fully saturated rings. The van der Waals surface area contributed by atoms with Crippen LogP contribution < -0.4 is 0 Å². The molecule has 1 heterocycles. The van der Waals surface area contributed by atoms with Crippen LogP contribution >= 0.6 is 11.8 Å². The average Bonchev–Trinajstić information content (AvgIpc) is 3.39. The number of aromatic nitrogens is 3. The van der Waals surface area contributed by atoms with E-state index < -0.39 is 0 Å². The van der Waals surface area contributed by atoms with Gasteiger partial charge in [-0.25, -0.2) is 4.39 Å². The number of hydrogen-bond donors (Lipinski definition) is 0. The van der Waals surface area contributed by atoms with Crippen molar-refractivity contribution in [2.45, 2.75) is 49.6 Å². The third-order valence-electron chi connectivity index (χ3n) is 5.93. The number of rotatable bonds is 7. The van der Waals surface area contributed by atoms with E-state index in [-0.39, 0.29) is 22.9 Å². The average molecular weight is 439 g/mol. The zero-order chi connectivity index (χ0) is 22.1. The van der Waals surface area contributed by atoms with E-state index in [9.17, 15) is 9.18 Å². The van der Waals surface area contributed by atoms with Crippen molar-refractivity contribution < 1.29 is 9.18 Å². The van der Waals surface area contributed by atoms with Gasteiger partial charge in [0.25, 0.3) is 0 Å². The fourth-order valence-electron chi connectivity index (χ4n) is 3.86. The van der Waals surface area contributed by atoms with Crippen LogP contribution in [-0.2, 0) is 12.8 Å². The molecule has 0 bridgehead atoms. The smallest absolute Gasteiger partial charge is 0.196 e. The zero-order valence-electron chi connectivity index (χ0n) is 18.3. The lowest BCUT2D eigenvalue weighted by Crippen LogP contribution is -2.21. The van der Waals surface area contributed by atoms with Crippen molar-refractivity contribution in [1.82, 2.24) is 19.7 Å². The Bertz CT molecular complexity index is 1090. The minimum atomic E-state index is -0.328. The molecule has 162 valence electrons. The van der Waals surface area contributed by atoms with E-state index in [1.54, 1.807) is 12.1 Å². The van der Waals surface area contributed by atoms with Crippen LogP contribution in [0.4, 0.5) is 4.39 Å². The summed E-state index contributed by atoms with van der Waals surface area (Å²) in [6.45, 7) is 3.94. The van der Waals surface area contributed by atoms with Crippen LogP contribution in [0.2, 0.25) is 0 Å². The molecule has 0 N–H and O–H groups in total. The summed E-state index contributed by atoms with van der Waals surface area (Å²) in [5.74, 6) is 0.528. The highest BCUT2D eigenvalue weighted by molar-refractivity contribution is 8.00. The zero-order valence-corrected chi connectivity index (χ0v) is 19.1. The van der Waals surface area contributed by atoms with Gasteiger partial charge in [0.05, 0.1) is 11.3 Å². The van der Waals surface area contributed by atoms with Gasteiger partial charge in [0.15, 0.2) is 16.8 Å². The lowest BCUT2D eigenvalue weighted by Gasteiger charge is -2.21. The molecule has 0 saturated carbocycles. The number of hydrogen-bond acceptors (Lipinski definition) is 5. The second kappa shape index (κ2) is 8.93. The van der Waals surface area contributed by atoms with Crippen molar-refractivity contribution in [1.29, 1.82) is 0 Å². The third-order valence-corrected chi connectivity index (χ3v) is 6.97. The van der Waals surface area contributed by atoms with Crippen LogP contribution in [-0.4, -0.2) is 44.8 Å². The highest BCUT2D eigenvalue weighted by Crippen LogP contribution is 2.31. The van der Waals surface area contributed by atoms with Crippen molar-refractivity contribution >= 4 is 17.5 Å². The van der Waals surface area contributed by atoms with E-state index in [4.69, 9.17) is 0 Å². The topological polar surface area (TPSA) is 51.0 Å². The number of thioether (sulfide) groups is 1. The van der Waals surface area contributed by atoms with Gasteiger partial charge in [0, 0.05) is 11.3 Å². The van der Waals surface area contributed by atoms with Crippen molar-refractivity contribution in [3.05, 3.63) is 70.8 Å². The first-order valence-corrected chi connectivity index (χ1v) is 11.4. The maximum absolute atomic E-state index is 13.5. The molecule has 7 heteroatoms. The maximum atomic E-state index is 13.5. The first kappa shape index (κ1) is 21.7. The molecular formula is C24H27FN4OS. The quantitative estimate of drug-likeness (QED) is 0.389. The van der Waals surface area contributed by atoms with Gasteiger partial charge >= 0.3 is 0 Å². The third kappa shape index (κ3) is 4.43. The molecule has 1 aromatic heterocycles. The number of Topliss-reactive ketones (excluding diaryl/α,β-unsaturated/α-hetero) is 1. The van der Waals surface area contributed by atoms with E-state index >= 15 is 0 Å². The second-order valence-electron chi connectivity index (χ2n) is 8.25. The van der Waals surface area contributed by atoms with Gasteiger partial charge in [-0.3, -0.25) is 14.3 Å². The number of carbonyl (C=O) groups excluding carboxylic acids is 1. The SMILES string of the molecule is C[C@H](Sc1nnc([C@H](C)N(C)C)n1-c1ccc(F)cc1)C(=O)c1ccc2c(c1)CCC2. The number of benzene rings is 2. The van der Waals surface area contributed by atoms with Gasteiger partial charge in [-0.15, -0.1) is 10.2 Å². The molecule has 31 heavy (non-hydrogen) atoms. The predicted molar refractivity (Wildman–Crippen MR) is 122 cm³/mol. The van der Waals surface area contributed by atoms with Crippen molar-refractivity contribution in [2.24, 2.45) is 0 Å². The monoisotopic (exact) mass is 438 g/mol. The Balaban J connectivity index is 1.64. The largest absolute Gasteiger partial charge is 0.300 e. The minimum Gasteiger partial charge on any atom is -0.300 e. The Labute approximate surface area is 186 Å². The Morgan fingerprint density at radius 1 is 1.06 bits per heavy atom. The Kier molecular flexibility index (Phi) is 6.25. The molecule has 1 aliphatic rings. The maximum Gasteiger partial charge on any atom is 0.196 e. The Morgan fingerprint density at radius 3 is 2.48 bits per heavy atom. The van der Waals surface area contributed by atoms with E-state index in [1.807, 2.05) is 49.5 Å². The summed E-state index contributed by atoms with van der Waals surface area (Å²) < 4.78 is 15.4. The summed E-state index contributed by atoms with van der Waals surface area (Å²) in [6.07, 6.45) is 3.30. The fourth-order valence-corrected chi connectivity index (χ4v) is 4.82. The molecule has 2 aromatic carbocycles. The van der Waals surface area contributed by atoms with Crippen molar-refractivity contribution in [3.63, 3.8) is 0 Å². The van der Waals surface area contributed by atoms with Gasteiger partial charge in [-0.1, -0.05) is 23.9 Å². The number of aryl methyl sites for hydroxylation is 2. The number of halogens is 1. The van der Waals surface area contributed by atoms with Crippen LogP contribution in [0.1, 0.15) is 53.6 Å². The molecule has 2 atom stereocenters. The number of nitrogens with zero attached hydrogens (tertiary/aromatic N) is 4. The summed E-state index contributed by atoms with van der Waals surface area (Å²) in [4.78, 5) is 15.2. The molecule has 0 radical (unpaired) electrons. The molecular weight excluding hydrogens is 411 g/mol. The van der Waals surface area contributed by atoms with E-state index in [0.29, 0.717) is 5.16 Å². The molecule has 0 saturated heterocycles. The lowest BCUT2D eigenvalue weighted by atomic mass is 10.0. The first-order valence-electron chi connectivity index (χ1n) is 10.6. The summed E-state index contributed by atoms with van der Waals surface area (Å²) >= 11 is 1.38. The standard InChI is InChI=1S/C24H27FN4OS/c1-15(28(3)4)23-26-27-24(29(23)21-12-10-20(25)11-13-21)31-16(2)22(30)19-9-8-17-6-5-7-18(17)14-19/h8-16H,5-7H2,1-4H3/t15-,16-/m0/s1. The molecule has 0 aliphatic heterocycles. The summed E-state index contributed by atoms with van der Waals surface area (Å²) in [5, 5.41) is 9.10. The van der Waals surface area contributed by atoms with E-state index in [2.05, 4.69) is 16.3 Å². The summed E-state index contributed by atoms with van der Waals surface area (Å²) in [5.41, 5.74) is 4.17. The van der Waals surface area contributed by atoms with E-state index in [1.165, 1.54) is 35.0 Å². The molecule has 1 aliphatic carbocycles. The molecule has 3 aromatic rings. The molecule has 0 amide bonds. The number of carbonyl (C=O) groups is 1. The van der Waals surface area contributed by atoms with Crippen LogP contribution in [0, 0.1) is 5.82 Å². The van der Waals surface area contributed by atoms with Gasteiger partial charge < -0.3 is 0 Å². The van der Waals surface area contributed by atoms with Gasteiger partial charge in [0.2, 0.25) is 0 Å². The lowest BCUT2D eigenvalue weighted by molar-refractivity contribution is 0.0993. The molecule has 5 nitrogen and oxygen atoms in total. The van der Waals surface area contributed by atoms with E-state index in [0.717, 1.165) is 36.3 Å². The Hall–Kier alpha value is -2.51. The summed E-state index contributed by atoms with van der Waals surface area (Å²) in [6, 6.07) is 12.3. The Morgan fingerprint density at radius 2 is 1.77 bits per heavy atom. The van der Waals surface area contributed by atoms with Crippen LogP contribution in [0.15, 0.2) is 47.6 Å². The van der Waals surface area contributed by atoms with Crippen LogP contribution in [0.25, 0.3) is 5.69 Å². The van der Waals surface area contributed by atoms with Crippen molar-refractivity contribution in [2.75, 3.05) is 14.1 Å². The highest BCUT2D eigenvalue weighted by atomic mass is 32.2. The van der Waals surface area contributed by atoms with Crippen molar-refractivity contribution in [3.8, 4) is 5.69 Å². The molecule has 0 spiro atoms. The van der Waals surface area contributed by atoms with Crippen LogP contribution in [0.5, 0.6) is 0 Å². The normalized spacial score (nSPS) is 15.2. The minimum absolute atomic E-state index is 0.00498. The number of fused-ring (bicyclic) bond motifs is 1. The van der Waals surface area contributed by atoms with Crippen LogP contribution in [0.3, 0.4) is 0 Å². The van der Waals surface area contributed by atoms with Gasteiger partial charge in [-0.05, 0) is 88.7 Å². The van der Waals surface area contributed by atoms with Gasteiger partial charge in [0.1, 0.15) is 5.82 Å². The summed E-state index contributed by atoms with van der Waals surface area (Å²) in [7, 11) is 3.95. The fraction of sp³-hybridized carbons (Fsp3) is 0.375. The van der Waals surface area contributed by atoms with Gasteiger partial charge in [-0.2, -0.15) is 0 Å². The highest BCUT2D eigenvalue weighted by Gasteiger charge is 2.25. The molecule has 4 rings (SSSR count). The predicted octanol–water partition coefficient (Wildman–Crippen LogP) is 4.88. The second-order valence-corrected chi connectivity index (χ2v) is 9.56. The number of ketones is 1. The molecule has 0 unspecified atom stereocenters. The first-order chi connectivity index (χ1) is 14.8.